The fourth-order valence-corrected chi connectivity index (χ4v) is 3.78. The van der Waals surface area contributed by atoms with Gasteiger partial charge in [-0.1, -0.05) is 55.3 Å². The standard InChI is InChI=1S/C23H21ClN4O2/c1-2-5-18-21-20(17(12-25)22(26)30-23(21)28-27-18)16-6-3-4-7-19(16)29-13-14-8-10-15(24)11-9-14/h3-4,6-11,20H,2,5,13,26H2,1H3,(H,27,28)/t20-/m1/s1. The molecule has 0 aliphatic carbocycles. The van der Waals surface area contributed by atoms with E-state index >= 15 is 0 Å². The number of para-hydroxylation sites is 1. The highest BCUT2D eigenvalue weighted by Gasteiger charge is 2.36. The summed E-state index contributed by atoms with van der Waals surface area (Å²) in [5.74, 6) is 0.736. The molecule has 6 nitrogen and oxygen atoms in total. The average Bonchev–Trinajstić information content (AvgIpc) is 3.15. The summed E-state index contributed by atoms with van der Waals surface area (Å²) in [4.78, 5) is 0. The summed E-state index contributed by atoms with van der Waals surface area (Å²) >= 11 is 5.97. The number of rotatable bonds is 6. The van der Waals surface area contributed by atoms with Crippen LogP contribution < -0.4 is 15.2 Å². The summed E-state index contributed by atoms with van der Waals surface area (Å²) < 4.78 is 11.8. The van der Waals surface area contributed by atoms with Gasteiger partial charge in [0.1, 0.15) is 24.0 Å². The maximum atomic E-state index is 9.85. The summed E-state index contributed by atoms with van der Waals surface area (Å²) in [7, 11) is 0. The van der Waals surface area contributed by atoms with Gasteiger partial charge in [0.05, 0.1) is 11.5 Å². The van der Waals surface area contributed by atoms with Crippen molar-refractivity contribution in [2.24, 2.45) is 5.73 Å². The first kappa shape index (κ1) is 19.9. The van der Waals surface area contributed by atoms with Gasteiger partial charge in [0.15, 0.2) is 0 Å². The zero-order valence-electron chi connectivity index (χ0n) is 16.5. The quantitative estimate of drug-likeness (QED) is 0.596. The van der Waals surface area contributed by atoms with Crippen molar-refractivity contribution in [3.63, 3.8) is 0 Å². The van der Waals surface area contributed by atoms with Crippen molar-refractivity contribution in [2.45, 2.75) is 32.3 Å². The van der Waals surface area contributed by atoms with E-state index < -0.39 is 5.92 Å². The Hall–Kier alpha value is -3.43. The molecule has 2 heterocycles. The lowest BCUT2D eigenvalue weighted by atomic mass is 9.83. The average molecular weight is 421 g/mol. The lowest BCUT2D eigenvalue weighted by Gasteiger charge is -2.25. The molecule has 0 radical (unpaired) electrons. The number of halogens is 1. The molecule has 1 aliphatic rings. The van der Waals surface area contributed by atoms with Crippen LogP contribution in [0.5, 0.6) is 11.6 Å². The second-order valence-corrected chi connectivity index (χ2v) is 7.49. The van der Waals surface area contributed by atoms with Gasteiger partial charge < -0.3 is 15.2 Å². The molecule has 3 N–H and O–H groups in total. The number of nitrogens with one attached hydrogen (secondary N) is 1. The Bertz CT molecular complexity index is 1130. The number of nitrogens with two attached hydrogens (primary N) is 1. The van der Waals surface area contributed by atoms with Crippen LogP contribution in [-0.4, -0.2) is 10.2 Å². The molecule has 1 aromatic heterocycles. The number of fused-ring (bicyclic) bond motifs is 1. The highest BCUT2D eigenvalue weighted by atomic mass is 35.5. The van der Waals surface area contributed by atoms with E-state index in [1.165, 1.54) is 0 Å². The van der Waals surface area contributed by atoms with Crippen molar-refractivity contribution in [3.8, 4) is 17.7 Å². The Kier molecular flexibility index (Phi) is 5.64. The van der Waals surface area contributed by atoms with Gasteiger partial charge in [0.2, 0.25) is 11.8 Å². The van der Waals surface area contributed by atoms with E-state index in [9.17, 15) is 5.26 Å². The topological polar surface area (TPSA) is 97.0 Å². The zero-order chi connectivity index (χ0) is 21.1. The predicted octanol–water partition coefficient (Wildman–Crippen LogP) is 4.81. The number of aromatic amines is 1. The number of nitrogens with zero attached hydrogens (tertiary/aromatic N) is 2. The maximum Gasteiger partial charge on any atom is 0.244 e. The molecule has 152 valence electrons. The Labute approximate surface area is 179 Å². The van der Waals surface area contributed by atoms with Crippen LogP contribution in [0.2, 0.25) is 5.02 Å². The van der Waals surface area contributed by atoms with Crippen molar-refractivity contribution >= 4 is 11.6 Å². The Morgan fingerprint density at radius 1 is 1.23 bits per heavy atom. The minimum absolute atomic E-state index is 0.0667. The van der Waals surface area contributed by atoms with E-state index in [4.69, 9.17) is 26.8 Å². The number of allylic oxidation sites excluding steroid dienone is 1. The Balaban J connectivity index is 1.75. The molecule has 7 heteroatoms. The number of hydrogen-bond donors (Lipinski definition) is 2. The molecule has 0 unspecified atom stereocenters. The van der Waals surface area contributed by atoms with E-state index in [0.29, 0.717) is 28.8 Å². The summed E-state index contributed by atoms with van der Waals surface area (Å²) in [5.41, 5.74) is 10.0. The first-order chi connectivity index (χ1) is 14.6. The van der Waals surface area contributed by atoms with Gasteiger partial charge in [-0.05, 0) is 30.2 Å². The van der Waals surface area contributed by atoms with E-state index in [1.54, 1.807) is 0 Å². The molecule has 1 aliphatic heterocycles. The monoisotopic (exact) mass is 420 g/mol. The Morgan fingerprint density at radius 2 is 2.00 bits per heavy atom. The normalized spacial score (nSPS) is 15.3. The molecule has 1 atom stereocenters. The number of nitriles is 1. The SMILES string of the molecule is CCCc1[nH]nc2c1[C@H](c1ccccc1OCc1ccc(Cl)cc1)C(C#N)=C(N)O2. The largest absolute Gasteiger partial charge is 0.489 e. The highest BCUT2D eigenvalue weighted by Crippen LogP contribution is 2.45. The van der Waals surface area contributed by atoms with Gasteiger partial charge in [-0.2, -0.15) is 5.26 Å². The molecule has 0 saturated carbocycles. The third kappa shape index (κ3) is 3.72. The molecule has 0 saturated heterocycles. The molecular weight excluding hydrogens is 400 g/mol. The third-order valence-corrected chi connectivity index (χ3v) is 5.31. The second-order valence-electron chi connectivity index (χ2n) is 7.05. The number of benzene rings is 2. The van der Waals surface area contributed by atoms with Gasteiger partial charge in [-0.3, -0.25) is 5.10 Å². The summed E-state index contributed by atoms with van der Waals surface area (Å²) in [6.45, 7) is 2.46. The van der Waals surface area contributed by atoms with Crippen LogP contribution >= 0.6 is 11.6 Å². The van der Waals surface area contributed by atoms with Crippen LogP contribution in [0.25, 0.3) is 0 Å². The van der Waals surface area contributed by atoms with Crippen molar-refractivity contribution in [1.82, 2.24) is 10.2 Å². The third-order valence-electron chi connectivity index (χ3n) is 5.06. The molecule has 0 spiro atoms. The number of hydrogen-bond acceptors (Lipinski definition) is 5. The highest BCUT2D eigenvalue weighted by molar-refractivity contribution is 6.30. The molecule has 4 rings (SSSR count). The van der Waals surface area contributed by atoms with E-state index in [2.05, 4.69) is 23.2 Å². The van der Waals surface area contributed by atoms with Crippen LogP contribution in [0.3, 0.4) is 0 Å². The van der Waals surface area contributed by atoms with Crippen LogP contribution in [0, 0.1) is 11.3 Å². The minimum atomic E-state index is -0.416. The molecule has 0 bridgehead atoms. The fourth-order valence-electron chi connectivity index (χ4n) is 3.65. The minimum Gasteiger partial charge on any atom is -0.489 e. The van der Waals surface area contributed by atoms with Gasteiger partial charge in [0.25, 0.3) is 0 Å². The first-order valence-electron chi connectivity index (χ1n) is 9.73. The van der Waals surface area contributed by atoms with Gasteiger partial charge in [-0.25, -0.2) is 0 Å². The number of aromatic nitrogens is 2. The summed E-state index contributed by atoms with van der Waals surface area (Å²) in [6, 6.07) is 17.4. The summed E-state index contributed by atoms with van der Waals surface area (Å²) in [6.07, 6.45) is 1.71. The van der Waals surface area contributed by atoms with Crippen LogP contribution in [0.1, 0.15) is 41.6 Å². The number of H-pyrrole nitrogens is 1. The lowest BCUT2D eigenvalue weighted by Crippen LogP contribution is -2.21. The maximum absolute atomic E-state index is 9.85. The number of ether oxygens (including phenoxy) is 2. The lowest BCUT2D eigenvalue weighted by molar-refractivity contribution is 0.301. The smallest absolute Gasteiger partial charge is 0.244 e. The molecule has 0 fully saturated rings. The zero-order valence-corrected chi connectivity index (χ0v) is 17.2. The molecule has 0 amide bonds. The van der Waals surface area contributed by atoms with Crippen LogP contribution in [0.15, 0.2) is 60.0 Å². The molecular formula is C23H21ClN4O2. The van der Waals surface area contributed by atoms with E-state index in [-0.39, 0.29) is 5.88 Å². The number of aryl methyl sites for hydroxylation is 1. The summed E-state index contributed by atoms with van der Waals surface area (Å²) in [5, 5.41) is 17.8. The van der Waals surface area contributed by atoms with Crippen LogP contribution in [-0.2, 0) is 13.0 Å². The van der Waals surface area contributed by atoms with E-state index in [1.807, 2.05) is 48.5 Å². The molecule has 2 aromatic carbocycles. The van der Waals surface area contributed by atoms with Crippen molar-refractivity contribution in [3.05, 3.63) is 87.4 Å². The van der Waals surface area contributed by atoms with Crippen LogP contribution in [0.4, 0.5) is 0 Å². The predicted molar refractivity (Wildman–Crippen MR) is 114 cm³/mol. The van der Waals surface area contributed by atoms with Gasteiger partial charge >= 0.3 is 0 Å². The van der Waals surface area contributed by atoms with E-state index in [0.717, 1.165) is 35.2 Å². The fraction of sp³-hybridized carbons (Fsp3) is 0.217. The van der Waals surface area contributed by atoms with Crippen molar-refractivity contribution in [2.75, 3.05) is 0 Å². The van der Waals surface area contributed by atoms with Gasteiger partial charge in [0, 0.05) is 16.3 Å². The Morgan fingerprint density at radius 3 is 2.73 bits per heavy atom. The van der Waals surface area contributed by atoms with Gasteiger partial charge in [-0.15, -0.1) is 5.10 Å². The first-order valence-corrected chi connectivity index (χ1v) is 10.1. The van der Waals surface area contributed by atoms with Crippen molar-refractivity contribution in [1.29, 1.82) is 5.26 Å². The second kappa shape index (κ2) is 8.52. The molecule has 30 heavy (non-hydrogen) atoms. The molecule has 3 aromatic rings. The van der Waals surface area contributed by atoms with Crippen molar-refractivity contribution < 1.29 is 9.47 Å².